The number of aryl methyl sites for hydroxylation is 2. The van der Waals surface area contributed by atoms with E-state index in [9.17, 15) is 4.79 Å². The summed E-state index contributed by atoms with van der Waals surface area (Å²) in [5, 5.41) is 8.05. The number of rotatable bonds is 4. The van der Waals surface area contributed by atoms with Crippen LogP contribution in [0.4, 0.5) is 10.5 Å². The molecule has 3 heterocycles. The number of benzene rings is 3. The molecule has 1 aliphatic heterocycles. The summed E-state index contributed by atoms with van der Waals surface area (Å²) in [4.78, 5) is 15.9. The summed E-state index contributed by atoms with van der Waals surface area (Å²) in [6.07, 6.45) is 2.05. The van der Waals surface area contributed by atoms with Gasteiger partial charge in [0, 0.05) is 17.4 Å². The van der Waals surface area contributed by atoms with Crippen molar-refractivity contribution >= 4 is 11.7 Å². The monoisotopic (exact) mass is 503 g/mol. The van der Waals surface area contributed by atoms with Gasteiger partial charge in [0.05, 0.1) is 36.8 Å². The van der Waals surface area contributed by atoms with Crippen molar-refractivity contribution in [3.63, 3.8) is 0 Å². The van der Waals surface area contributed by atoms with Gasteiger partial charge in [-0.1, -0.05) is 42.5 Å². The lowest BCUT2D eigenvalue weighted by Gasteiger charge is -2.31. The van der Waals surface area contributed by atoms with Crippen molar-refractivity contribution in [1.82, 2.24) is 19.2 Å². The van der Waals surface area contributed by atoms with Gasteiger partial charge in [0.1, 0.15) is 11.6 Å². The Morgan fingerprint density at radius 2 is 1.76 bits per heavy atom. The number of hydrogen-bond donors (Lipinski definition) is 1. The first kappa shape index (κ1) is 23.6. The van der Waals surface area contributed by atoms with Crippen molar-refractivity contribution in [3.8, 4) is 17.3 Å². The third kappa shape index (κ3) is 4.12. The van der Waals surface area contributed by atoms with Crippen LogP contribution in [0.5, 0.6) is 5.75 Å². The second-order valence-electron chi connectivity index (χ2n) is 9.54. The number of para-hydroxylation sites is 1. The molecule has 1 N–H and O–H groups in total. The molecule has 0 aliphatic carbocycles. The summed E-state index contributed by atoms with van der Waals surface area (Å²) >= 11 is 0. The molecule has 0 saturated heterocycles. The third-order valence-electron chi connectivity index (χ3n) is 7.03. The number of carbonyl (C=O) groups excluding carboxylic acids is 1. The van der Waals surface area contributed by atoms with E-state index in [1.807, 2.05) is 115 Å². The molecule has 7 heteroatoms. The summed E-state index contributed by atoms with van der Waals surface area (Å²) < 4.78 is 9.68. The van der Waals surface area contributed by atoms with Crippen molar-refractivity contribution < 1.29 is 9.53 Å². The minimum atomic E-state index is -0.360. The van der Waals surface area contributed by atoms with E-state index in [2.05, 4.69) is 16.0 Å². The largest absolute Gasteiger partial charge is 0.497 e. The van der Waals surface area contributed by atoms with Gasteiger partial charge in [-0.05, 0) is 73.5 Å². The summed E-state index contributed by atoms with van der Waals surface area (Å²) in [7, 11) is 1.66. The van der Waals surface area contributed by atoms with E-state index in [1.165, 1.54) is 0 Å². The minimum Gasteiger partial charge on any atom is -0.497 e. The maximum Gasteiger partial charge on any atom is 0.322 e. The number of hydrogen-bond acceptors (Lipinski definition) is 3. The van der Waals surface area contributed by atoms with Crippen molar-refractivity contribution in [2.45, 2.75) is 26.4 Å². The van der Waals surface area contributed by atoms with Gasteiger partial charge in [-0.2, -0.15) is 5.10 Å². The molecule has 0 bridgehead atoms. The van der Waals surface area contributed by atoms with Crippen LogP contribution < -0.4 is 10.1 Å². The fourth-order valence-corrected chi connectivity index (χ4v) is 5.23. The molecule has 38 heavy (non-hydrogen) atoms. The lowest BCUT2D eigenvalue weighted by molar-refractivity contribution is 0.194. The highest BCUT2D eigenvalue weighted by Crippen LogP contribution is 2.39. The topological polar surface area (TPSA) is 64.3 Å². The van der Waals surface area contributed by atoms with Gasteiger partial charge in [0.15, 0.2) is 0 Å². The van der Waals surface area contributed by atoms with E-state index in [0.29, 0.717) is 6.54 Å². The first-order chi connectivity index (χ1) is 18.5. The third-order valence-corrected chi connectivity index (χ3v) is 7.03. The number of nitrogens with zero attached hydrogens (tertiary/aromatic N) is 4. The normalized spacial score (nSPS) is 14.4. The second-order valence-corrected chi connectivity index (χ2v) is 9.54. The zero-order chi connectivity index (χ0) is 26.2. The van der Waals surface area contributed by atoms with E-state index in [0.717, 1.165) is 51.0 Å². The van der Waals surface area contributed by atoms with Crippen LogP contribution in [-0.2, 0) is 6.54 Å². The summed E-state index contributed by atoms with van der Waals surface area (Å²) in [5.41, 5.74) is 6.61. The summed E-state index contributed by atoms with van der Waals surface area (Å²) in [6, 6.07) is 29.4. The van der Waals surface area contributed by atoms with Crippen LogP contribution in [-0.4, -0.2) is 32.4 Å². The smallest absolute Gasteiger partial charge is 0.322 e. The van der Waals surface area contributed by atoms with Crippen molar-refractivity contribution in [2.24, 2.45) is 0 Å². The zero-order valence-corrected chi connectivity index (χ0v) is 21.6. The van der Waals surface area contributed by atoms with Gasteiger partial charge < -0.3 is 19.5 Å². The summed E-state index contributed by atoms with van der Waals surface area (Å²) in [6.45, 7) is 4.40. The Labute approximate surface area is 221 Å². The van der Waals surface area contributed by atoms with Crippen LogP contribution in [0.3, 0.4) is 0 Å². The first-order valence-corrected chi connectivity index (χ1v) is 12.6. The summed E-state index contributed by atoms with van der Waals surface area (Å²) in [5.74, 6) is 1.68. The highest BCUT2D eigenvalue weighted by Gasteiger charge is 2.36. The maximum absolute atomic E-state index is 14.0. The molecule has 7 nitrogen and oxygen atoms in total. The highest BCUT2D eigenvalue weighted by atomic mass is 16.5. The number of aromatic nitrogens is 3. The number of urea groups is 1. The van der Waals surface area contributed by atoms with Gasteiger partial charge in [-0.3, -0.25) is 0 Å². The molecule has 3 aromatic carbocycles. The molecule has 1 atom stereocenters. The van der Waals surface area contributed by atoms with Gasteiger partial charge in [-0.25, -0.2) is 9.48 Å². The molecule has 190 valence electrons. The van der Waals surface area contributed by atoms with E-state index in [-0.39, 0.29) is 12.1 Å². The molecule has 5 aromatic rings. The highest BCUT2D eigenvalue weighted by molar-refractivity contribution is 5.90. The Kier molecular flexibility index (Phi) is 5.96. The van der Waals surface area contributed by atoms with E-state index < -0.39 is 0 Å². The standard InChI is InChI=1S/C31H29N5O2/c1-21-10-7-12-24(18-21)32-31(37)35-20-27-22(2)33-36(25-13-5-4-6-14-25)30(27)34-17-9-16-28(34)29(35)23-11-8-15-26(19-23)38-3/h4-19,29H,20H2,1-3H3,(H,32,37)/t29-/m1/s1. The van der Waals surface area contributed by atoms with Crippen molar-refractivity contribution in [1.29, 1.82) is 0 Å². The zero-order valence-electron chi connectivity index (χ0n) is 21.6. The van der Waals surface area contributed by atoms with Gasteiger partial charge in [-0.15, -0.1) is 0 Å². The lowest BCUT2D eigenvalue weighted by Crippen LogP contribution is -2.38. The van der Waals surface area contributed by atoms with Crippen molar-refractivity contribution in [3.05, 3.63) is 125 Å². The quantitative estimate of drug-likeness (QED) is 0.308. The van der Waals surface area contributed by atoms with Crippen LogP contribution in [0.15, 0.2) is 97.2 Å². The predicted octanol–water partition coefficient (Wildman–Crippen LogP) is 6.43. The molecule has 0 spiro atoms. The fraction of sp³-hybridized carbons (Fsp3) is 0.161. The van der Waals surface area contributed by atoms with E-state index in [1.54, 1.807) is 7.11 Å². The number of methoxy groups -OCH3 is 1. The van der Waals surface area contributed by atoms with Crippen LogP contribution in [0.2, 0.25) is 0 Å². The number of anilines is 1. The van der Waals surface area contributed by atoms with Crippen LogP contribution in [0.1, 0.15) is 34.1 Å². The van der Waals surface area contributed by atoms with Crippen molar-refractivity contribution in [2.75, 3.05) is 12.4 Å². The number of fused-ring (bicyclic) bond motifs is 3. The SMILES string of the molecule is COc1cccc([C@@H]2c3cccn3-c3c(c(C)nn3-c3ccccc3)CN2C(=O)Nc2cccc(C)c2)c1. The number of amides is 2. The minimum absolute atomic E-state index is 0.184. The molecule has 1 aliphatic rings. The molecule has 0 saturated carbocycles. The predicted molar refractivity (Wildman–Crippen MR) is 148 cm³/mol. The molecule has 2 amide bonds. The Bertz CT molecular complexity index is 1620. The Morgan fingerprint density at radius 1 is 0.947 bits per heavy atom. The van der Waals surface area contributed by atoms with E-state index >= 15 is 0 Å². The Balaban J connectivity index is 1.54. The number of carbonyl (C=O) groups is 1. The van der Waals surface area contributed by atoms with Crippen LogP contribution in [0.25, 0.3) is 11.5 Å². The maximum atomic E-state index is 14.0. The molecule has 0 fully saturated rings. The number of nitrogens with one attached hydrogen (secondary N) is 1. The van der Waals surface area contributed by atoms with E-state index in [4.69, 9.17) is 9.84 Å². The number of ether oxygens (including phenoxy) is 1. The lowest BCUT2D eigenvalue weighted by atomic mass is 10.0. The molecular formula is C31H29N5O2. The first-order valence-electron chi connectivity index (χ1n) is 12.6. The van der Waals surface area contributed by atoms with Gasteiger partial charge in [0.2, 0.25) is 0 Å². The second kappa shape index (κ2) is 9.59. The van der Waals surface area contributed by atoms with Gasteiger partial charge in [0.25, 0.3) is 0 Å². The van der Waals surface area contributed by atoms with Gasteiger partial charge >= 0.3 is 6.03 Å². The van der Waals surface area contributed by atoms with Crippen LogP contribution in [0, 0.1) is 13.8 Å². The molecular weight excluding hydrogens is 474 g/mol. The molecule has 0 radical (unpaired) electrons. The molecule has 0 unspecified atom stereocenters. The van der Waals surface area contributed by atoms with Crippen LogP contribution >= 0.6 is 0 Å². The average Bonchev–Trinajstić information content (AvgIpc) is 3.49. The Hall–Kier alpha value is -4.78. The molecule has 6 rings (SSSR count). The fourth-order valence-electron chi connectivity index (χ4n) is 5.23. The Morgan fingerprint density at radius 3 is 2.55 bits per heavy atom. The molecule has 2 aromatic heterocycles. The average molecular weight is 504 g/mol.